The molecule has 0 aliphatic carbocycles. The van der Waals surface area contributed by atoms with Crippen molar-refractivity contribution in [2.45, 2.75) is 6.92 Å². The number of hydrogen-bond acceptors (Lipinski definition) is 2. The van der Waals surface area contributed by atoms with Crippen molar-refractivity contribution < 1.29 is 13.9 Å². The maximum Gasteiger partial charge on any atom is 0.165 e. The molecule has 0 heterocycles. The van der Waals surface area contributed by atoms with E-state index in [0.717, 1.165) is 5.56 Å². The van der Waals surface area contributed by atoms with E-state index in [9.17, 15) is 9.18 Å². The molecule has 0 radical (unpaired) electrons. The molecule has 2 aromatic carbocycles. The van der Waals surface area contributed by atoms with Crippen molar-refractivity contribution in [2.24, 2.45) is 0 Å². The highest BCUT2D eigenvalue weighted by Gasteiger charge is 2.09. The van der Waals surface area contributed by atoms with Crippen LogP contribution in [0, 0.1) is 12.7 Å². The number of ether oxygens (including phenoxy) is 1. The lowest BCUT2D eigenvalue weighted by Crippen LogP contribution is -1.93. The van der Waals surface area contributed by atoms with E-state index in [-0.39, 0.29) is 11.5 Å². The zero-order valence-corrected chi connectivity index (χ0v) is 10.4. The van der Waals surface area contributed by atoms with Crippen LogP contribution in [0.4, 0.5) is 4.39 Å². The summed E-state index contributed by atoms with van der Waals surface area (Å²) in [4.78, 5) is 10.9. The summed E-state index contributed by atoms with van der Waals surface area (Å²) < 4.78 is 18.9. The van der Waals surface area contributed by atoms with Crippen molar-refractivity contribution in [1.82, 2.24) is 0 Å². The first-order valence-electron chi connectivity index (χ1n) is 5.29. The monoisotopic (exact) mass is 264 g/mol. The summed E-state index contributed by atoms with van der Waals surface area (Å²) in [5.74, 6) is -0.181. The molecule has 2 rings (SSSR count). The molecule has 0 fully saturated rings. The lowest BCUT2D eigenvalue weighted by Gasteiger charge is -2.09. The zero-order valence-electron chi connectivity index (χ0n) is 9.61. The van der Waals surface area contributed by atoms with Gasteiger partial charge in [-0.2, -0.15) is 0 Å². The third-order valence-corrected chi connectivity index (χ3v) is 2.64. The molecule has 92 valence electrons. The Bertz CT molecular complexity index is 596. The molecule has 0 atom stereocenters. The largest absolute Gasteiger partial charge is 0.453 e. The van der Waals surface area contributed by atoms with Gasteiger partial charge in [-0.15, -0.1) is 0 Å². The summed E-state index contributed by atoms with van der Waals surface area (Å²) in [5.41, 5.74) is 1.18. The Balaban J connectivity index is 2.41. The van der Waals surface area contributed by atoms with E-state index in [2.05, 4.69) is 0 Å². The molecule has 4 heteroatoms. The number of carbonyl (C=O) groups excluding carboxylic acids is 1. The highest BCUT2D eigenvalue weighted by Crippen LogP contribution is 2.29. The van der Waals surface area contributed by atoms with Crippen LogP contribution in [0.3, 0.4) is 0 Å². The lowest BCUT2D eigenvalue weighted by molar-refractivity contribution is 0.112. The van der Waals surface area contributed by atoms with Crippen molar-refractivity contribution in [1.29, 1.82) is 0 Å². The minimum absolute atomic E-state index is 0.0698. The Morgan fingerprint density at radius 1 is 1.17 bits per heavy atom. The van der Waals surface area contributed by atoms with Gasteiger partial charge in [0.05, 0.1) is 5.56 Å². The highest BCUT2D eigenvalue weighted by atomic mass is 35.5. The SMILES string of the molecule is Cc1ccc(F)c(Oc2cc(Cl)ccc2C=O)c1. The third-order valence-electron chi connectivity index (χ3n) is 2.41. The van der Waals surface area contributed by atoms with Gasteiger partial charge >= 0.3 is 0 Å². The maximum absolute atomic E-state index is 13.5. The summed E-state index contributed by atoms with van der Waals surface area (Å²) in [6.45, 7) is 1.82. The first kappa shape index (κ1) is 12.6. The van der Waals surface area contributed by atoms with E-state index >= 15 is 0 Å². The van der Waals surface area contributed by atoms with Crippen LogP contribution in [0.15, 0.2) is 36.4 Å². The number of halogens is 2. The molecule has 0 saturated carbocycles. The van der Waals surface area contributed by atoms with Crippen molar-refractivity contribution >= 4 is 17.9 Å². The number of carbonyl (C=O) groups is 1. The first-order valence-corrected chi connectivity index (χ1v) is 5.66. The molecule has 2 nitrogen and oxygen atoms in total. The van der Waals surface area contributed by atoms with Crippen LogP contribution in [0.2, 0.25) is 5.02 Å². The predicted octanol–water partition coefficient (Wildman–Crippen LogP) is 4.39. The van der Waals surface area contributed by atoms with Gasteiger partial charge in [-0.25, -0.2) is 4.39 Å². The summed E-state index contributed by atoms with van der Waals surface area (Å²) in [6.07, 6.45) is 0.638. The quantitative estimate of drug-likeness (QED) is 0.769. The second-order valence-electron chi connectivity index (χ2n) is 3.84. The van der Waals surface area contributed by atoms with Gasteiger partial charge in [0.15, 0.2) is 17.9 Å². The number of benzene rings is 2. The molecule has 0 N–H and O–H groups in total. The number of hydrogen-bond donors (Lipinski definition) is 0. The van der Waals surface area contributed by atoms with Crippen molar-refractivity contribution in [3.63, 3.8) is 0 Å². The van der Waals surface area contributed by atoms with Gasteiger partial charge in [-0.1, -0.05) is 17.7 Å². The van der Waals surface area contributed by atoms with E-state index in [4.69, 9.17) is 16.3 Å². The summed E-state index contributed by atoms with van der Waals surface area (Å²) in [5, 5.41) is 0.420. The Kier molecular flexibility index (Phi) is 3.63. The van der Waals surface area contributed by atoms with Gasteiger partial charge in [0.1, 0.15) is 5.75 Å². The fourth-order valence-corrected chi connectivity index (χ4v) is 1.66. The van der Waals surface area contributed by atoms with E-state index in [1.807, 2.05) is 6.92 Å². The van der Waals surface area contributed by atoms with Gasteiger partial charge in [-0.05, 0) is 36.8 Å². The summed E-state index contributed by atoms with van der Waals surface area (Å²) >= 11 is 5.82. The number of aryl methyl sites for hydroxylation is 1. The molecule has 0 aliphatic heterocycles. The number of rotatable bonds is 3. The molecular formula is C14H10ClFO2. The van der Waals surface area contributed by atoms with Crippen LogP contribution in [-0.2, 0) is 0 Å². The third kappa shape index (κ3) is 2.68. The normalized spacial score (nSPS) is 10.2. The molecule has 0 spiro atoms. The standard InChI is InChI=1S/C14H10ClFO2/c1-9-2-5-12(16)14(6-9)18-13-7-11(15)4-3-10(13)8-17/h2-8H,1H3. The molecule has 18 heavy (non-hydrogen) atoms. The Morgan fingerprint density at radius 2 is 1.94 bits per heavy atom. The first-order chi connectivity index (χ1) is 8.60. The van der Waals surface area contributed by atoms with E-state index in [1.165, 1.54) is 18.2 Å². The van der Waals surface area contributed by atoms with Crippen LogP contribution in [-0.4, -0.2) is 6.29 Å². The van der Waals surface area contributed by atoms with Crippen LogP contribution in [0.1, 0.15) is 15.9 Å². The molecule has 2 aromatic rings. The topological polar surface area (TPSA) is 26.3 Å². The van der Waals surface area contributed by atoms with Gasteiger partial charge < -0.3 is 4.74 Å². The van der Waals surface area contributed by atoms with E-state index < -0.39 is 5.82 Å². The summed E-state index contributed by atoms with van der Waals surface area (Å²) in [6, 6.07) is 9.09. The zero-order chi connectivity index (χ0) is 13.1. The van der Waals surface area contributed by atoms with E-state index in [0.29, 0.717) is 16.9 Å². The molecule has 0 aliphatic rings. The average Bonchev–Trinajstić information content (AvgIpc) is 2.34. The fourth-order valence-electron chi connectivity index (χ4n) is 1.50. The van der Waals surface area contributed by atoms with Gasteiger partial charge in [0.2, 0.25) is 0 Å². The van der Waals surface area contributed by atoms with Gasteiger partial charge in [0, 0.05) is 11.1 Å². The average molecular weight is 265 g/mol. The highest BCUT2D eigenvalue weighted by molar-refractivity contribution is 6.30. The van der Waals surface area contributed by atoms with Crippen molar-refractivity contribution in [2.75, 3.05) is 0 Å². The smallest absolute Gasteiger partial charge is 0.165 e. The second kappa shape index (κ2) is 5.19. The summed E-state index contributed by atoms with van der Waals surface area (Å²) in [7, 11) is 0. The van der Waals surface area contributed by atoms with Gasteiger partial charge in [-0.3, -0.25) is 4.79 Å². The second-order valence-corrected chi connectivity index (χ2v) is 4.27. The molecular weight excluding hydrogens is 255 g/mol. The van der Waals surface area contributed by atoms with Crippen molar-refractivity contribution in [3.05, 3.63) is 58.4 Å². The van der Waals surface area contributed by atoms with Crippen molar-refractivity contribution in [3.8, 4) is 11.5 Å². The Hall–Kier alpha value is -1.87. The molecule has 0 amide bonds. The Labute approximate surface area is 109 Å². The Morgan fingerprint density at radius 3 is 2.67 bits per heavy atom. The van der Waals surface area contributed by atoms with E-state index in [1.54, 1.807) is 18.2 Å². The fraction of sp³-hybridized carbons (Fsp3) is 0.0714. The lowest BCUT2D eigenvalue weighted by atomic mass is 10.2. The number of aldehydes is 1. The predicted molar refractivity (Wildman–Crippen MR) is 68.1 cm³/mol. The molecule has 0 saturated heterocycles. The molecule has 0 bridgehead atoms. The molecule has 0 aromatic heterocycles. The van der Waals surface area contributed by atoms with Crippen LogP contribution in [0.5, 0.6) is 11.5 Å². The minimum Gasteiger partial charge on any atom is -0.453 e. The van der Waals surface area contributed by atoms with Crippen LogP contribution >= 0.6 is 11.6 Å². The molecule has 0 unspecified atom stereocenters. The minimum atomic E-state index is -0.488. The van der Waals surface area contributed by atoms with Crippen LogP contribution < -0.4 is 4.74 Å². The van der Waals surface area contributed by atoms with Crippen LogP contribution in [0.25, 0.3) is 0 Å². The van der Waals surface area contributed by atoms with Gasteiger partial charge in [0.25, 0.3) is 0 Å². The maximum atomic E-state index is 13.5.